The van der Waals surface area contributed by atoms with Crippen molar-refractivity contribution < 1.29 is 0 Å². The van der Waals surface area contributed by atoms with Crippen LogP contribution in [0.4, 0.5) is 0 Å². The molecule has 0 aromatic heterocycles. The summed E-state index contributed by atoms with van der Waals surface area (Å²) in [6.07, 6.45) is 0. The molecule has 0 fully saturated rings. The van der Waals surface area contributed by atoms with Crippen LogP contribution in [0, 0.1) is 19.3 Å². The van der Waals surface area contributed by atoms with Crippen molar-refractivity contribution >= 4 is 6.72 Å². The molecule has 0 heterocycles. The van der Waals surface area contributed by atoms with Gasteiger partial charge in [0.2, 0.25) is 0 Å². The zero-order chi connectivity index (χ0) is 38.0. The molecule has 8 aromatic rings. The summed E-state index contributed by atoms with van der Waals surface area (Å²) in [5.74, 6) is 0. The summed E-state index contributed by atoms with van der Waals surface area (Å²) in [6.45, 7) is 7.39. The van der Waals surface area contributed by atoms with E-state index in [1.54, 1.807) is 0 Å². The van der Waals surface area contributed by atoms with E-state index in [4.69, 9.17) is 11.1 Å². The van der Waals surface area contributed by atoms with Gasteiger partial charge in [-0.25, -0.2) is 0 Å². The van der Waals surface area contributed by atoms with Crippen molar-refractivity contribution in [2.24, 2.45) is 5.73 Å². The monoisotopic (exact) mass is 700 g/mol. The Balaban J connectivity index is 0.000000170. The average Bonchev–Trinajstić information content (AvgIpc) is 3.26. The first-order chi connectivity index (χ1) is 26.6. The summed E-state index contributed by atoms with van der Waals surface area (Å²) in [5, 5.41) is 5.50. The Kier molecular flexibility index (Phi) is 14.6. The van der Waals surface area contributed by atoms with E-state index in [1.807, 2.05) is 36.4 Å². The Morgan fingerprint density at radius 2 is 0.611 bits per heavy atom. The van der Waals surface area contributed by atoms with Crippen molar-refractivity contribution in [1.82, 2.24) is 0 Å². The number of nitrogens with one attached hydrogen (secondary N) is 1. The van der Waals surface area contributed by atoms with E-state index in [0.29, 0.717) is 6.54 Å². The SMILES string of the molecule is C=N.Cc1ccc(-c2ccc(-c3ccccc3)cc2)cc1.Cc1cccc(-c2cccc(-c3cccc(-c4ccccc4)c3)c2)c1.NCc1ccccc1. The average molecular weight is 701 g/mol. The second-order valence-electron chi connectivity index (χ2n) is 12.9. The summed E-state index contributed by atoms with van der Waals surface area (Å²) in [7, 11) is 0. The first-order valence-corrected chi connectivity index (χ1v) is 18.2. The second-order valence-corrected chi connectivity index (χ2v) is 12.9. The molecule has 0 unspecified atom stereocenters. The number of nitrogens with two attached hydrogens (primary N) is 1. The molecule has 8 rings (SSSR count). The van der Waals surface area contributed by atoms with Gasteiger partial charge in [-0.05, 0) is 93.9 Å². The van der Waals surface area contributed by atoms with Gasteiger partial charge in [-0.2, -0.15) is 0 Å². The summed E-state index contributed by atoms with van der Waals surface area (Å²) >= 11 is 0. The highest BCUT2D eigenvalue weighted by Gasteiger charge is 2.05. The molecule has 0 radical (unpaired) electrons. The standard InChI is InChI=1S/C25H20.C19H16.C7H9N.CH3N/c1-19-8-5-11-21(16-19)23-13-7-15-25(18-23)24-14-6-12-22(17-24)20-9-3-2-4-10-20;1-15-7-9-17(10-8-15)19-13-11-18(12-14-19)16-5-3-2-4-6-16;8-6-7-4-2-1-3-5-7;1-2/h2-18H,1H3;2-14H,1H3;1-5H,6,8H2;2H,1H2. The van der Waals surface area contributed by atoms with E-state index >= 15 is 0 Å². The summed E-state index contributed by atoms with van der Waals surface area (Å²) in [5.41, 5.74) is 21.7. The van der Waals surface area contributed by atoms with Crippen LogP contribution < -0.4 is 5.73 Å². The number of rotatable bonds is 6. The Bertz CT molecular complexity index is 2280. The number of aryl methyl sites for hydroxylation is 2. The lowest BCUT2D eigenvalue weighted by Gasteiger charge is -2.09. The van der Waals surface area contributed by atoms with E-state index in [9.17, 15) is 0 Å². The molecule has 0 spiro atoms. The molecule has 0 aliphatic carbocycles. The molecule has 2 heteroatoms. The van der Waals surface area contributed by atoms with E-state index in [-0.39, 0.29) is 0 Å². The predicted molar refractivity (Wildman–Crippen MR) is 234 cm³/mol. The van der Waals surface area contributed by atoms with Crippen molar-refractivity contribution in [3.8, 4) is 55.6 Å². The van der Waals surface area contributed by atoms with Crippen LogP contribution >= 0.6 is 0 Å². The second kappa shape index (κ2) is 20.4. The maximum atomic E-state index is 5.50. The number of benzene rings is 8. The van der Waals surface area contributed by atoms with Crippen LogP contribution in [0.1, 0.15) is 16.7 Å². The van der Waals surface area contributed by atoms with Gasteiger partial charge in [0, 0.05) is 6.54 Å². The Morgan fingerprint density at radius 3 is 1.00 bits per heavy atom. The van der Waals surface area contributed by atoms with Crippen molar-refractivity contribution in [1.29, 1.82) is 5.41 Å². The fourth-order valence-electron chi connectivity index (χ4n) is 6.06. The molecule has 3 N–H and O–H groups in total. The van der Waals surface area contributed by atoms with Crippen molar-refractivity contribution in [2.75, 3.05) is 0 Å². The normalized spacial score (nSPS) is 9.98. The van der Waals surface area contributed by atoms with Gasteiger partial charge in [-0.1, -0.05) is 211 Å². The fraction of sp³-hybridized carbons (Fsp3) is 0.0577. The zero-order valence-electron chi connectivity index (χ0n) is 31.2. The van der Waals surface area contributed by atoms with Crippen LogP contribution in [-0.4, -0.2) is 6.72 Å². The maximum Gasteiger partial charge on any atom is 0.0178 e. The summed E-state index contributed by atoms with van der Waals surface area (Å²) in [4.78, 5) is 0. The molecule has 0 atom stereocenters. The molecule has 0 bridgehead atoms. The molecule has 0 saturated carbocycles. The van der Waals surface area contributed by atoms with Gasteiger partial charge in [0.1, 0.15) is 0 Å². The third-order valence-electron chi connectivity index (χ3n) is 8.97. The van der Waals surface area contributed by atoms with Crippen LogP contribution in [0.3, 0.4) is 0 Å². The highest BCUT2D eigenvalue weighted by atomic mass is 14.5. The lowest BCUT2D eigenvalue weighted by molar-refractivity contribution is 1.07. The van der Waals surface area contributed by atoms with Crippen LogP contribution in [0.5, 0.6) is 0 Å². The first kappa shape index (κ1) is 38.6. The summed E-state index contributed by atoms with van der Waals surface area (Å²) < 4.78 is 0. The van der Waals surface area contributed by atoms with Gasteiger partial charge in [0.05, 0.1) is 0 Å². The molecule has 0 aliphatic rings. The minimum atomic E-state index is 0.640. The molecule has 54 heavy (non-hydrogen) atoms. The molecule has 0 saturated heterocycles. The molecule has 8 aromatic carbocycles. The molecule has 2 nitrogen and oxygen atoms in total. The molecule has 0 amide bonds. The number of hydrogen-bond donors (Lipinski definition) is 2. The van der Waals surface area contributed by atoms with Crippen molar-refractivity contribution in [3.63, 3.8) is 0 Å². The third kappa shape index (κ3) is 11.2. The van der Waals surface area contributed by atoms with E-state index in [1.165, 1.54) is 72.3 Å². The van der Waals surface area contributed by atoms with Crippen LogP contribution in [0.25, 0.3) is 55.6 Å². The molecule has 266 valence electrons. The van der Waals surface area contributed by atoms with Crippen molar-refractivity contribution in [3.05, 3.63) is 229 Å². The van der Waals surface area contributed by atoms with Gasteiger partial charge >= 0.3 is 0 Å². The lowest BCUT2D eigenvalue weighted by Crippen LogP contribution is -1.94. The quantitative estimate of drug-likeness (QED) is 0.167. The van der Waals surface area contributed by atoms with E-state index in [0.717, 1.165) is 0 Å². The van der Waals surface area contributed by atoms with Gasteiger partial charge in [0.25, 0.3) is 0 Å². The van der Waals surface area contributed by atoms with Gasteiger partial charge in [-0.15, -0.1) is 0 Å². The highest BCUT2D eigenvalue weighted by Crippen LogP contribution is 2.30. The topological polar surface area (TPSA) is 49.9 Å². The smallest absolute Gasteiger partial charge is 0.0178 e. The van der Waals surface area contributed by atoms with Crippen molar-refractivity contribution in [2.45, 2.75) is 20.4 Å². The molecule has 0 aliphatic heterocycles. The molecular weight excluding hydrogens is 653 g/mol. The minimum Gasteiger partial charge on any atom is -0.326 e. The largest absolute Gasteiger partial charge is 0.326 e. The minimum absolute atomic E-state index is 0.640. The Hall–Kier alpha value is -6.61. The fourth-order valence-corrected chi connectivity index (χ4v) is 6.06. The maximum absolute atomic E-state index is 5.50. The Labute approximate surface area is 321 Å². The van der Waals surface area contributed by atoms with Crippen LogP contribution in [-0.2, 0) is 6.54 Å². The zero-order valence-corrected chi connectivity index (χ0v) is 31.2. The van der Waals surface area contributed by atoms with Gasteiger partial charge < -0.3 is 11.1 Å². The first-order valence-electron chi connectivity index (χ1n) is 18.2. The summed E-state index contributed by atoms with van der Waals surface area (Å²) in [6, 6.07) is 74.6. The van der Waals surface area contributed by atoms with Gasteiger partial charge in [0.15, 0.2) is 0 Å². The molecular formula is C52H48N2. The van der Waals surface area contributed by atoms with Crippen LogP contribution in [0.15, 0.2) is 212 Å². The highest BCUT2D eigenvalue weighted by molar-refractivity contribution is 5.77. The van der Waals surface area contributed by atoms with Gasteiger partial charge in [-0.3, -0.25) is 0 Å². The third-order valence-corrected chi connectivity index (χ3v) is 8.97. The van der Waals surface area contributed by atoms with E-state index in [2.05, 4.69) is 196 Å². The van der Waals surface area contributed by atoms with E-state index < -0.39 is 0 Å². The van der Waals surface area contributed by atoms with Crippen LogP contribution in [0.2, 0.25) is 0 Å². The lowest BCUT2D eigenvalue weighted by atomic mass is 9.96. The predicted octanol–water partition coefficient (Wildman–Crippen LogP) is 13.7. The Morgan fingerprint density at radius 1 is 0.315 bits per heavy atom. The number of hydrogen-bond acceptors (Lipinski definition) is 2.